The van der Waals surface area contributed by atoms with Gasteiger partial charge in [-0.1, -0.05) is 12.0 Å². The van der Waals surface area contributed by atoms with E-state index in [1.807, 2.05) is 11.0 Å². The molecule has 0 spiro atoms. The van der Waals surface area contributed by atoms with Gasteiger partial charge >= 0.3 is 6.18 Å². The number of nitrogens with zero attached hydrogens (tertiary/aromatic N) is 7. The molecule has 38 heavy (non-hydrogen) atoms. The van der Waals surface area contributed by atoms with Crippen LogP contribution in [0.3, 0.4) is 0 Å². The van der Waals surface area contributed by atoms with E-state index in [4.69, 9.17) is 0 Å². The summed E-state index contributed by atoms with van der Waals surface area (Å²) in [6, 6.07) is 7.06. The van der Waals surface area contributed by atoms with Crippen molar-refractivity contribution in [3.63, 3.8) is 0 Å². The lowest BCUT2D eigenvalue weighted by Crippen LogP contribution is -2.34. The molecule has 0 atom stereocenters. The predicted molar refractivity (Wildman–Crippen MR) is 133 cm³/mol. The van der Waals surface area contributed by atoms with Gasteiger partial charge in [0.15, 0.2) is 23.7 Å². The number of carbonyl (C=O) groups is 1. The van der Waals surface area contributed by atoms with Gasteiger partial charge in [-0.05, 0) is 24.1 Å². The van der Waals surface area contributed by atoms with Gasteiger partial charge in [-0.3, -0.25) is 9.48 Å². The first-order valence-corrected chi connectivity index (χ1v) is 12.2. The Morgan fingerprint density at radius 3 is 2.82 bits per heavy atom. The zero-order valence-corrected chi connectivity index (χ0v) is 20.6. The third kappa shape index (κ3) is 5.42. The molecular formula is C24H20F4N8OS. The Hall–Kier alpha value is -4.12. The maximum Gasteiger partial charge on any atom is 0.390 e. The Morgan fingerprint density at radius 1 is 1.18 bits per heavy atom. The van der Waals surface area contributed by atoms with E-state index >= 15 is 0 Å². The molecule has 0 fully saturated rings. The largest absolute Gasteiger partial charge is 0.390 e. The van der Waals surface area contributed by atoms with E-state index in [-0.39, 0.29) is 31.1 Å². The number of halogens is 4. The molecular weight excluding hydrogens is 524 g/mol. The summed E-state index contributed by atoms with van der Waals surface area (Å²) in [4.78, 5) is 27.5. The zero-order valence-electron chi connectivity index (χ0n) is 19.7. The molecule has 0 saturated carbocycles. The van der Waals surface area contributed by atoms with Crippen LogP contribution in [0.4, 0.5) is 22.9 Å². The number of nitrogens with one attached hydrogen (secondary N) is 1. The van der Waals surface area contributed by atoms with E-state index in [9.17, 15) is 21.9 Å². The van der Waals surface area contributed by atoms with Crippen molar-refractivity contribution in [2.45, 2.75) is 32.1 Å². The van der Waals surface area contributed by atoms with E-state index in [1.54, 1.807) is 35.3 Å². The highest BCUT2D eigenvalue weighted by molar-refractivity contribution is 7.92. The monoisotopic (exact) mass is 544 g/mol. The SMILES string of the molecule is O=C(NCCC(F)(F)F)c1nn(CC#Cc2ccccn2)c2c1CN(c1ncnc3c1ccn3SF)CC2. The van der Waals surface area contributed by atoms with Gasteiger partial charge in [0.05, 0.1) is 11.8 Å². The van der Waals surface area contributed by atoms with Crippen LogP contribution in [0.25, 0.3) is 11.0 Å². The lowest BCUT2D eigenvalue weighted by Gasteiger charge is -2.29. The molecule has 0 aromatic carbocycles. The highest BCUT2D eigenvalue weighted by Gasteiger charge is 2.31. The summed E-state index contributed by atoms with van der Waals surface area (Å²) in [5, 5.41) is 7.38. The normalized spacial score (nSPS) is 13.2. The summed E-state index contributed by atoms with van der Waals surface area (Å²) in [5.41, 5.74) is 2.36. The molecule has 1 amide bonds. The number of alkyl halides is 3. The van der Waals surface area contributed by atoms with E-state index < -0.39 is 25.0 Å². The highest BCUT2D eigenvalue weighted by Crippen LogP contribution is 2.31. The number of anilines is 1. The Balaban J connectivity index is 1.45. The van der Waals surface area contributed by atoms with Crippen LogP contribution >= 0.6 is 12.3 Å². The summed E-state index contributed by atoms with van der Waals surface area (Å²) in [6.07, 6.45) is -0.555. The molecule has 5 rings (SSSR count). The van der Waals surface area contributed by atoms with Gasteiger partial charge in [0.2, 0.25) is 0 Å². The molecule has 0 bridgehead atoms. The molecule has 5 heterocycles. The fraction of sp³-hybridized carbons (Fsp3) is 0.292. The number of rotatable bonds is 6. The van der Waals surface area contributed by atoms with Crippen molar-refractivity contribution in [1.29, 1.82) is 0 Å². The summed E-state index contributed by atoms with van der Waals surface area (Å²) in [5.74, 6) is 5.79. The smallest absolute Gasteiger partial charge is 0.351 e. The summed E-state index contributed by atoms with van der Waals surface area (Å²) in [7, 11) is 0. The quantitative estimate of drug-likeness (QED) is 0.292. The maximum absolute atomic E-state index is 13.3. The topological polar surface area (TPSA) is 93.8 Å². The molecule has 1 aliphatic rings. The second-order valence-corrected chi connectivity index (χ2v) is 8.92. The molecule has 0 radical (unpaired) electrons. The Labute approximate surface area is 218 Å². The first-order valence-electron chi connectivity index (χ1n) is 11.5. The van der Waals surface area contributed by atoms with Crippen molar-refractivity contribution in [3.8, 4) is 11.8 Å². The van der Waals surface area contributed by atoms with Crippen LogP contribution in [0.15, 0.2) is 43.0 Å². The van der Waals surface area contributed by atoms with Gasteiger partial charge in [0.25, 0.3) is 5.91 Å². The van der Waals surface area contributed by atoms with E-state index in [2.05, 4.69) is 37.2 Å². The number of pyridine rings is 1. The first-order chi connectivity index (χ1) is 18.3. The molecule has 0 aliphatic carbocycles. The fourth-order valence-corrected chi connectivity index (χ4v) is 4.57. The molecule has 14 heteroatoms. The van der Waals surface area contributed by atoms with Crippen molar-refractivity contribution in [2.75, 3.05) is 18.0 Å². The average Bonchev–Trinajstić information content (AvgIpc) is 3.49. The van der Waals surface area contributed by atoms with Crippen LogP contribution in [-0.4, -0.2) is 53.9 Å². The molecule has 196 valence electrons. The lowest BCUT2D eigenvalue weighted by molar-refractivity contribution is -0.133. The van der Waals surface area contributed by atoms with Gasteiger partial charge in [0.1, 0.15) is 24.4 Å². The minimum atomic E-state index is -4.39. The Bertz CT molecular complexity index is 1520. The number of hydrogen-bond acceptors (Lipinski definition) is 7. The number of fused-ring (bicyclic) bond motifs is 2. The van der Waals surface area contributed by atoms with Crippen molar-refractivity contribution in [3.05, 3.63) is 65.6 Å². The minimum absolute atomic E-state index is 0.0180. The van der Waals surface area contributed by atoms with Crippen molar-refractivity contribution in [2.24, 2.45) is 0 Å². The Morgan fingerprint density at radius 2 is 2.05 bits per heavy atom. The van der Waals surface area contributed by atoms with E-state index in [0.717, 1.165) is 5.69 Å². The predicted octanol–water partition coefficient (Wildman–Crippen LogP) is 3.70. The third-order valence-electron chi connectivity index (χ3n) is 5.95. The molecule has 4 aromatic rings. The Kier molecular flexibility index (Phi) is 7.19. The van der Waals surface area contributed by atoms with Gasteiger partial charge < -0.3 is 10.2 Å². The van der Waals surface area contributed by atoms with Crippen LogP contribution in [0.2, 0.25) is 0 Å². The van der Waals surface area contributed by atoms with Crippen molar-refractivity contribution >= 4 is 35.1 Å². The minimum Gasteiger partial charge on any atom is -0.351 e. The molecule has 9 nitrogen and oxygen atoms in total. The first kappa shape index (κ1) is 25.5. The van der Waals surface area contributed by atoms with Crippen molar-refractivity contribution in [1.82, 2.24) is 34.0 Å². The molecule has 1 N–H and O–H groups in total. The van der Waals surface area contributed by atoms with E-state index in [0.29, 0.717) is 41.1 Å². The lowest BCUT2D eigenvalue weighted by atomic mass is 10.0. The van der Waals surface area contributed by atoms with Crippen LogP contribution in [0.1, 0.15) is 33.9 Å². The second kappa shape index (κ2) is 10.7. The van der Waals surface area contributed by atoms with Crippen LogP contribution in [-0.2, 0) is 19.5 Å². The molecule has 0 unspecified atom stereocenters. The van der Waals surface area contributed by atoms with Crippen LogP contribution in [0, 0.1) is 11.8 Å². The molecule has 4 aromatic heterocycles. The number of carbonyl (C=O) groups excluding carboxylic acids is 1. The summed E-state index contributed by atoms with van der Waals surface area (Å²) < 4.78 is 54.0. The van der Waals surface area contributed by atoms with Gasteiger partial charge in [-0.15, -0.1) is 3.89 Å². The standard InChI is InChI=1S/C24H20F4N8OS/c25-24(26,27)8-10-30-23(37)20-18-14-34(21-17-6-13-36(38-28)22(17)32-15-31-21)12-7-19(18)35(33-20)11-3-5-16-4-1-2-9-29-16/h1-2,4,6,9,13,15H,7-8,10-12,14H2,(H,30,37). The number of amides is 1. The van der Waals surface area contributed by atoms with Gasteiger partial charge in [0, 0.05) is 49.7 Å². The van der Waals surface area contributed by atoms with Gasteiger partial charge in [-0.25, -0.2) is 18.9 Å². The highest BCUT2D eigenvalue weighted by atomic mass is 32.2. The van der Waals surface area contributed by atoms with Crippen molar-refractivity contribution < 1.29 is 21.9 Å². The molecule has 1 aliphatic heterocycles. The second-order valence-electron chi connectivity index (χ2n) is 8.39. The third-order valence-corrected chi connectivity index (χ3v) is 6.40. The molecule has 0 saturated heterocycles. The zero-order chi connectivity index (χ0) is 26.7. The fourth-order valence-electron chi connectivity index (χ4n) is 4.25. The van der Waals surface area contributed by atoms with Crippen LogP contribution in [0.5, 0.6) is 0 Å². The number of aromatic nitrogens is 6. The number of hydrogen-bond donors (Lipinski definition) is 1. The van der Waals surface area contributed by atoms with E-state index in [1.165, 1.54) is 10.3 Å². The maximum atomic E-state index is 13.3. The van der Waals surface area contributed by atoms with Crippen LogP contribution < -0.4 is 10.2 Å². The summed E-state index contributed by atoms with van der Waals surface area (Å²) >= 11 is 0.0180. The average molecular weight is 545 g/mol. The van der Waals surface area contributed by atoms with Gasteiger partial charge in [-0.2, -0.15) is 18.3 Å². The summed E-state index contributed by atoms with van der Waals surface area (Å²) in [6.45, 7) is 0.351.